The average molecular weight is 381 g/mol. The summed E-state index contributed by atoms with van der Waals surface area (Å²) >= 11 is 1.50. The lowest BCUT2D eigenvalue weighted by atomic mass is 10.1. The van der Waals surface area contributed by atoms with Crippen molar-refractivity contribution in [1.82, 2.24) is 4.98 Å². The van der Waals surface area contributed by atoms with E-state index in [2.05, 4.69) is 29.4 Å². The van der Waals surface area contributed by atoms with Gasteiger partial charge in [-0.1, -0.05) is 37.6 Å². The van der Waals surface area contributed by atoms with E-state index in [9.17, 15) is 4.79 Å². The maximum Gasteiger partial charge on any atom is 0.275 e. The molecule has 5 heteroatoms. The topological polar surface area (TPSA) is 51.2 Å². The summed E-state index contributed by atoms with van der Waals surface area (Å²) in [5.74, 6) is 0.659. The number of thiazole rings is 1. The summed E-state index contributed by atoms with van der Waals surface area (Å²) in [6.07, 6.45) is 4.14. The van der Waals surface area contributed by atoms with E-state index in [0.29, 0.717) is 12.1 Å². The standard InChI is InChI=1S/C22H24N2O2S/c1-3-4-5-16-6-10-18(11-7-16)23-22(25)20-15-27-21(24-20)14-17-8-12-19(26-2)13-9-17/h6-13,15H,3-5,14H2,1-2H3,(H,23,25). The molecule has 0 aliphatic rings. The van der Waals surface area contributed by atoms with Crippen molar-refractivity contribution in [3.05, 3.63) is 75.7 Å². The number of anilines is 1. The van der Waals surface area contributed by atoms with Crippen LogP contribution in [0.3, 0.4) is 0 Å². The van der Waals surface area contributed by atoms with Gasteiger partial charge >= 0.3 is 0 Å². The van der Waals surface area contributed by atoms with Crippen molar-refractivity contribution in [2.24, 2.45) is 0 Å². The molecule has 4 nitrogen and oxygen atoms in total. The maximum absolute atomic E-state index is 12.4. The summed E-state index contributed by atoms with van der Waals surface area (Å²) in [6.45, 7) is 2.19. The fourth-order valence-corrected chi connectivity index (χ4v) is 3.55. The van der Waals surface area contributed by atoms with Gasteiger partial charge in [0.1, 0.15) is 11.4 Å². The van der Waals surface area contributed by atoms with E-state index in [-0.39, 0.29) is 5.91 Å². The molecule has 1 N–H and O–H groups in total. The maximum atomic E-state index is 12.4. The second kappa shape index (κ2) is 9.33. The molecule has 3 rings (SSSR count). The number of unbranched alkanes of at least 4 members (excludes halogenated alkanes) is 1. The average Bonchev–Trinajstić information content (AvgIpc) is 3.17. The number of aryl methyl sites for hydroxylation is 1. The van der Waals surface area contributed by atoms with Crippen molar-refractivity contribution < 1.29 is 9.53 Å². The Morgan fingerprint density at radius 3 is 2.44 bits per heavy atom. The molecule has 0 fully saturated rings. The Morgan fingerprint density at radius 2 is 1.78 bits per heavy atom. The number of ether oxygens (including phenoxy) is 1. The molecule has 0 aliphatic heterocycles. The van der Waals surface area contributed by atoms with Crippen LogP contribution in [0, 0.1) is 0 Å². The summed E-state index contributed by atoms with van der Waals surface area (Å²) < 4.78 is 5.17. The normalized spacial score (nSPS) is 10.6. The van der Waals surface area contributed by atoms with Crippen molar-refractivity contribution in [2.75, 3.05) is 12.4 Å². The van der Waals surface area contributed by atoms with Crippen LogP contribution in [0.1, 0.15) is 46.4 Å². The van der Waals surface area contributed by atoms with E-state index in [0.717, 1.165) is 28.4 Å². The molecule has 0 saturated carbocycles. The summed E-state index contributed by atoms with van der Waals surface area (Å²) in [5.41, 5.74) is 3.69. The van der Waals surface area contributed by atoms with Crippen molar-refractivity contribution in [1.29, 1.82) is 0 Å². The molecular weight excluding hydrogens is 356 g/mol. The van der Waals surface area contributed by atoms with Gasteiger partial charge in [-0.25, -0.2) is 4.98 Å². The van der Waals surface area contributed by atoms with Gasteiger partial charge in [-0.15, -0.1) is 11.3 Å². The summed E-state index contributed by atoms with van der Waals surface area (Å²) in [4.78, 5) is 16.9. The molecule has 0 spiro atoms. The largest absolute Gasteiger partial charge is 0.497 e. The minimum atomic E-state index is -0.173. The van der Waals surface area contributed by atoms with Gasteiger partial charge in [0.2, 0.25) is 0 Å². The van der Waals surface area contributed by atoms with Gasteiger partial charge in [0.25, 0.3) is 5.91 Å². The number of benzene rings is 2. The molecule has 0 saturated heterocycles. The Balaban J connectivity index is 1.59. The van der Waals surface area contributed by atoms with Crippen LogP contribution < -0.4 is 10.1 Å². The molecule has 27 heavy (non-hydrogen) atoms. The second-order valence-corrected chi connectivity index (χ2v) is 7.35. The third-order valence-corrected chi connectivity index (χ3v) is 5.18. The lowest BCUT2D eigenvalue weighted by Crippen LogP contribution is -2.12. The lowest BCUT2D eigenvalue weighted by molar-refractivity contribution is 0.102. The van der Waals surface area contributed by atoms with Gasteiger partial charge in [0.15, 0.2) is 0 Å². The molecule has 140 valence electrons. The first-order valence-electron chi connectivity index (χ1n) is 9.15. The zero-order chi connectivity index (χ0) is 19.1. The first-order valence-corrected chi connectivity index (χ1v) is 10.0. The Morgan fingerprint density at radius 1 is 1.07 bits per heavy atom. The van der Waals surface area contributed by atoms with Crippen LogP contribution in [-0.4, -0.2) is 18.0 Å². The van der Waals surface area contributed by atoms with Crippen LogP contribution in [0.2, 0.25) is 0 Å². The molecule has 0 radical (unpaired) electrons. The molecule has 1 heterocycles. The van der Waals surface area contributed by atoms with Crippen molar-refractivity contribution >= 4 is 22.9 Å². The Kier molecular flexibility index (Phi) is 6.60. The lowest BCUT2D eigenvalue weighted by Gasteiger charge is -2.05. The zero-order valence-electron chi connectivity index (χ0n) is 15.7. The van der Waals surface area contributed by atoms with Crippen LogP contribution in [0.25, 0.3) is 0 Å². The molecule has 0 aliphatic carbocycles. The van der Waals surface area contributed by atoms with Crippen LogP contribution in [-0.2, 0) is 12.8 Å². The summed E-state index contributed by atoms with van der Waals surface area (Å²) in [6, 6.07) is 15.9. The number of rotatable bonds is 8. The number of amides is 1. The van der Waals surface area contributed by atoms with E-state index in [4.69, 9.17) is 4.74 Å². The highest BCUT2D eigenvalue weighted by Crippen LogP contribution is 2.19. The Labute approximate surface area is 164 Å². The van der Waals surface area contributed by atoms with E-state index in [1.807, 2.05) is 41.8 Å². The highest BCUT2D eigenvalue weighted by Gasteiger charge is 2.11. The van der Waals surface area contributed by atoms with E-state index in [1.165, 1.54) is 29.7 Å². The number of carbonyl (C=O) groups is 1. The molecule has 1 amide bonds. The van der Waals surface area contributed by atoms with Gasteiger partial charge in [0, 0.05) is 17.5 Å². The number of nitrogens with zero attached hydrogens (tertiary/aromatic N) is 1. The fraction of sp³-hybridized carbons (Fsp3) is 0.273. The number of methoxy groups -OCH3 is 1. The number of aromatic nitrogens is 1. The summed E-state index contributed by atoms with van der Waals surface area (Å²) in [5, 5.41) is 5.65. The first kappa shape index (κ1) is 19.1. The van der Waals surface area contributed by atoms with Crippen LogP contribution in [0.4, 0.5) is 5.69 Å². The molecule has 2 aromatic carbocycles. The SMILES string of the molecule is CCCCc1ccc(NC(=O)c2csc(Cc3ccc(OC)cc3)n2)cc1. The predicted molar refractivity (Wildman–Crippen MR) is 111 cm³/mol. The Hall–Kier alpha value is -2.66. The van der Waals surface area contributed by atoms with Gasteiger partial charge in [0.05, 0.1) is 12.1 Å². The quantitative estimate of drug-likeness (QED) is 0.574. The predicted octanol–water partition coefficient (Wildman–Crippen LogP) is 5.34. The zero-order valence-corrected chi connectivity index (χ0v) is 16.5. The number of hydrogen-bond donors (Lipinski definition) is 1. The van der Waals surface area contributed by atoms with Gasteiger partial charge in [-0.05, 0) is 48.2 Å². The molecule has 1 aromatic heterocycles. The number of carbonyl (C=O) groups excluding carboxylic acids is 1. The van der Waals surface area contributed by atoms with Crippen molar-refractivity contribution in [2.45, 2.75) is 32.6 Å². The minimum absolute atomic E-state index is 0.173. The first-order chi connectivity index (χ1) is 13.2. The number of nitrogens with one attached hydrogen (secondary N) is 1. The van der Waals surface area contributed by atoms with Crippen LogP contribution >= 0.6 is 11.3 Å². The molecule has 0 atom stereocenters. The minimum Gasteiger partial charge on any atom is -0.497 e. The molecular formula is C22H24N2O2S. The van der Waals surface area contributed by atoms with Crippen molar-refractivity contribution in [3.63, 3.8) is 0 Å². The van der Waals surface area contributed by atoms with Gasteiger partial charge in [-0.2, -0.15) is 0 Å². The van der Waals surface area contributed by atoms with E-state index in [1.54, 1.807) is 7.11 Å². The molecule has 3 aromatic rings. The van der Waals surface area contributed by atoms with Crippen molar-refractivity contribution in [3.8, 4) is 5.75 Å². The van der Waals surface area contributed by atoms with Crippen LogP contribution in [0.5, 0.6) is 5.75 Å². The third-order valence-electron chi connectivity index (χ3n) is 4.33. The monoisotopic (exact) mass is 380 g/mol. The second-order valence-electron chi connectivity index (χ2n) is 6.41. The van der Waals surface area contributed by atoms with E-state index < -0.39 is 0 Å². The number of hydrogen-bond acceptors (Lipinski definition) is 4. The smallest absolute Gasteiger partial charge is 0.275 e. The van der Waals surface area contributed by atoms with Gasteiger partial charge < -0.3 is 10.1 Å². The summed E-state index contributed by atoms with van der Waals surface area (Å²) in [7, 11) is 1.65. The highest BCUT2D eigenvalue weighted by atomic mass is 32.1. The molecule has 0 bridgehead atoms. The van der Waals surface area contributed by atoms with E-state index >= 15 is 0 Å². The molecule has 0 unspecified atom stereocenters. The third kappa shape index (κ3) is 5.41. The van der Waals surface area contributed by atoms with Crippen LogP contribution in [0.15, 0.2) is 53.9 Å². The van der Waals surface area contributed by atoms with Gasteiger partial charge in [-0.3, -0.25) is 4.79 Å². The fourth-order valence-electron chi connectivity index (χ4n) is 2.75. The Bertz CT molecular complexity index is 870. The highest BCUT2D eigenvalue weighted by molar-refractivity contribution is 7.09.